The Hall–Kier alpha value is -3.43. The first kappa shape index (κ1) is 24.3. The summed E-state index contributed by atoms with van der Waals surface area (Å²) in [6.45, 7) is 5.65. The van der Waals surface area contributed by atoms with Gasteiger partial charge >= 0.3 is 0 Å². The fourth-order valence-corrected chi connectivity index (χ4v) is 4.81. The number of morpholine rings is 1. The average molecular weight is 490 g/mol. The monoisotopic (exact) mass is 489 g/mol. The van der Waals surface area contributed by atoms with Gasteiger partial charge in [-0.05, 0) is 51.7 Å². The van der Waals surface area contributed by atoms with Gasteiger partial charge in [0, 0.05) is 62.3 Å². The van der Waals surface area contributed by atoms with E-state index in [4.69, 9.17) is 14.7 Å². The maximum Gasteiger partial charge on any atom is 0.228 e. The van der Waals surface area contributed by atoms with E-state index in [1.807, 2.05) is 18.3 Å². The standard InChI is InChI=1S/C27H35N7O2/c1-31(2)11-5-12-32(3)24-19-21(8-10-28-24)34-13-9-23-25(20-6-4-7-22(35)18-20)29-27(30-26(23)34)33-14-16-36-17-15-33/h4,6-8,10,18-19,35H,5,9,11-17H2,1-3H3. The van der Waals surface area contributed by atoms with Crippen LogP contribution in [0.3, 0.4) is 0 Å². The lowest BCUT2D eigenvalue weighted by Crippen LogP contribution is -2.37. The van der Waals surface area contributed by atoms with Crippen LogP contribution in [0.4, 0.5) is 23.3 Å². The molecule has 0 saturated carbocycles. The summed E-state index contributed by atoms with van der Waals surface area (Å²) in [5.41, 5.74) is 3.97. The molecule has 1 fully saturated rings. The number of phenols is 1. The lowest BCUT2D eigenvalue weighted by atomic mass is 10.1. The smallest absolute Gasteiger partial charge is 0.228 e. The van der Waals surface area contributed by atoms with Crippen LogP contribution in [0.5, 0.6) is 5.75 Å². The third kappa shape index (κ3) is 5.22. The molecule has 2 aliphatic heterocycles. The predicted octanol–water partition coefficient (Wildman–Crippen LogP) is 3.16. The Morgan fingerprint density at radius 1 is 1.00 bits per heavy atom. The number of hydrogen-bond acceptors (Lipinski definition) is 9. The first-order chi connectivity index (χ1) is 17.5. The molecule has 0 unspecified atom stereocenters. The van der Waals surface area contributed by atoms with Gasteiger partial charge in [-0.2, -0.15) is 4.98 Å². The van der Waals surface area contributed by atoms with Crippen molar-refractivity contribution in [3.63, 3.8) is 0 Å². The number of pyridine rings is 1. The molecule has 190 valence electrons. The second-order valence-electron chi connectivity index (χ2n) is 9.68. The summed E-state index contributed by atoms with van der Waals surface area (Å²) in [6.07, 6.45) is 3.79. The van der Waals surface area contributed by atoms with Crippen molar-refractivity contribution in [1.29, 1.82) is 0 Å². The van der Waals surface area contributed by atoms with Gasteiger partial charge in [0.25, 0.3) is 0 Å². The second-order valence-corrected chi connectivity index (χ2v) is 9.68. The lowest BCUT2D eigenvalue weighted by molar-refractivity contribution is 0.122. The van der Waals surface area contributed by atoms with Crippen molar-refractivity contribution in [2.24, 2.45) is 0 Å². The summed E-state index contributed by atoms with van der Waals surface area (Å²) in [6, 6.07) is 11.5. The molecule has 9 nitrogen and oxygen atoms in total. The molecule has 9 heteroatoms. The molecule has 0 aliphatic carbocycles. The molecule has 36 heavy (non-hydrogen) atoms. The minimum Gasteiger partial charge on any atom is -0.508 e. The van der Waals surface area contributed by atoms with Crippen molar-refractivity contribution in [2.75, 3.05) is 81.8 Å². The zero-order valence-corrected chi connectivity index (χ0v) is 21.4. The van der Waals surface area contributed by atoms with Crippen molar-refractivity contribution in [2.45, 2.75) is 12.8 Å². The Kier molecular flexibility index (Phi) is 7.20. The maximum absolute atomic E-state index is 10.2. The molecule has 0 bridgehead atoms. The van der Waals surface area contributed by atoms with Gasteiger partial charge in [0.15, 0.2) is 0 Å². The summed E-state index contributed by atoms with van der Waals surface area (Å²) < 4.78 is 5.56. The molecule has 0 spiro atoms. The van der Waals surface area contributed by atoms with Crippen LogP contribution in [0.25, 0.3) is 11.3 Å². The first-order valence-electron chi connectivity index (χ1n) is 12.6. The molecule has 4 heterocycles. The molecule has 0 amide bonds. The van der Waals surface area contributed by atoms with Crippen molar-refractivity contribution < 1.29 is 9.84 Å². The van der Waals surface area contributed by atoms with Crippen molar-refractivity contribution in [3.05, 3.63) is 48.2 Å². The van der Waals surface area contributed by atoms with Crippen molar-refractivity contribution in [1.82, 2.24) is 19.9 Å². The summed E-state index contributed by atoms with van der Waals surface area (Å²) in [7, 11) is 6.29. The zero-order valence-electron chi connectivity index (χ0n) is 21.4. The van der Waals surface area contributed by atoms with Gasteiger partial charge in [0.2, 0.25) is 5.95 Å². The number of fused-ring (bicyclic) bond motifs is 1. The number of anilines is 4. The van der Waals surface area contributed by atoms with Crippen LogP contribution in [-0.4, -0.2) is 92.0 Å². The number of rotatable bonds is 8. The highest BCUT2D eigenvalue weighted by molar-refractivity contribution is 5.78. The van der Waals surface area contributed by atoms with Crippen LogP contribution in [-0.2, 0) is 11.2 Å². The Morgan fingerprint density at radius 2 is 1.83 bits per heavy atom. The van der Waals surface area contributed by atoms with Crippen LogP contribution >= 0.6 is 0 Å². The van der Waals surface area contributed by atoms with Gasteiger partial charge < -0.3 is 29.4 Å². The molecule has 0 atom stereocenters. The average Bonchev–Trinajstić information content (AvgIpc) is 3.32. The molecule has 1 N–H and O–H groups in total. The molecule has 2 aliphatic rings. The van der Waals surface area contributed by atoms with Crippen LogP contribution in [0.2, 0.25) is 0 Å². The van der Waals surface area contributed by atoms with Gasteiger partial charge in [0.1, 0.15) is 17.4 Å². The van der Waals surface area contributed by atoms with E-state index in [-0.39, 0.29) is 5.75 Å². The summed E-state index contributed by atoms with van der Waals surface area (Å²) in [5, 5.41) is 10.2. The van der Waals surface area contributed by atoms with Crippen LogP contribution in [0.15, 0.2) is 42.6 Å². The number of hydrogen-bond donors (Lipinski definition) is 1. The van der Waals surface area contributed by atoms with E-state index in [1.54, 1.807) is 12.1 Å². The highest BCUT2D eigenvalue weighted by atomic mass is 16.5. The van der Waals surface area contributed by atoms with Gasteiger partial charge in [0.05, 0.1) is 18.9 Å². The molecule has 2 aromatic heterocycles. The van der Waals surface area contributed by atoms with E-state index in [9.17, 15) is 5.11 Å². The van der Waals surface area contributed by atoms with Crippen molar-refractivity contribution >= 4 is 23.3 Å². The number of phenolic OH excluding ortho intramolecular Hbond substituents is 1. The normalized spacial score (nSPS) is 15.4. The van der Waals surface area contributed by atoms with Crippen LogP contribution in [0, 0.1) is 0 Å². The fraction of sp³-hybridized carbons (Fsp3) is 0.444. The van der Waals surface area contributed by atoms with Gasteiger partial charge in [-0.25, -0.2) is 9.97 Å². The molecule has 3 aromatic rings. The summed E-state index contributed by atoms with van der Waals surface area (Å²) >= 11 is 0. The number of aromatic nitrogens is 3. The molecule has 1 aromatic carbocycles. The molecular weight excluding hydrogens is 454 g/mol. The third-order valence-corrected chi connectivity index (χ3v) is 6.76. The predicted molar refractivity (Wildman–Crippen MR) is 144 cm³/mol. The lowest BCUT2D eigenvalue weighted by Gasteiger charge is -2.28. The number of ether oxygens (including phenoxy) is 1. The summed E-state index contributed by atoms with van der Waals surface area (Å²) in [5.74, 6) is 2.82. The van der Waals surface area contributed by atoms with Gasteiger partial charge in [-0.15, -0.1) is 0 Å². The summed E-state index contributed by atoms with van der Waals surface area (Å²) in [4.78, 5) is 23.6. The van der Waals surface area contributed by atoms with Crippen LogP contribution in [0.1, 0.15) is 12.0 Å². The van der Waals surface area contributed by atoms with E-state index < -0.39 is 0 Å². The first-order valence-corrected chi connectivity index (χ1v) is 12.6. The molecule has 1 saturated heterocycles. The highest BCUT2D eigenvalue weighted by Crippen LogP contribution is 2.40. The van der Waals surface area contributed by atoms with E-state index >= 15 is 0 Å². The molecule has 0 radical (unpaired) electrons. The molecular formula is C27H35N7O2. The van der Waals surface area contributed by atoms with Crippen molar-refractivity contribution in [3.8, 4) is 17.0 Å². The Balaban J connectivity index is 1.50. The van der Waals surface area contributed by atoms with Gasteiger partial charge in [-0.1, -0.05) is 12.1 Å². The Labute approximate surface area is 213 Å². The third-order valence-electron chi connectivity index (χ3n) is 6.76. The second kappa shape index (κ2) is 10.7. The maximum atomic E-state index is 10.2. The van der Waals surface area contributed by atoms with E-state index in [0.29, 0.717) is 19.2 Å². The Bertz CT molecular complexity index is 1200. The minimum absolute atomic E-state index is 0.235. The fourth-order valence-electron chi connectivity index (χ4n) is 4.81. The highest BCUT2D eigenvalue weighted by Gasteiger charge is 2.29. The van der Waals surface area contributed by atoms with E-state index in [0.717, 1.165) is 79.7 Å². The SMILES string of the molecule is CN(C)CCCN(C)c1cc(N2CCc3c(-c4cccc(O)c4)nc(N4CCOCC4)nc32)ccn1. The van der Waals surface area contributed by atoms with Gasteiger partial charge in [-0.3, -0.25) is 0 Å². The largest absolute Gasteiger partial charge is 0.508 e. The molecule has 5 rings (SSSR count). The Morgan fingerprint density at radius 3 is 2.61 bits per heavy atom. The zero-order chi connectivity index (χ0) is 25.1. The number of benzene rings is 1. The number of aromatic hydroxyl groups is 1. The van der Waals surface area contributed by atoms with E-state index in [2.05, 4.69) is 57.9 Å². The van der Waals surface area contributed by atoms with Crippen LogP contribution < -0.4 is 14.7 Å². The quantitative estimate of drug-likeness (QED) is 0.513. The topological polar surface area (TPSA) is 81.1 Å². The van der Waals surface area contributed by atoms with E-state index in [1.165, 1.54) is 0 Å². The number of nitrogens with zero attached hydrogens (tertiary/aromatic N) is 7. The minimum atomic E-state index is 0.235.